The summed E-state index contributed by atoms with van der Waals surface area (Å²) in [7, 11) is 0. The summed E-state index contributed by atoms with van der Waals surface area (Å²) in [4.78, 5) is 3.03. The van der Waals surface area contributed by atoms with Gasteiger partial charge in [-0.2, -0.15) is 0 Å². The van der Waals surface area contributed by atoms with Crippen LogP contribution in [0.5, 0.6) is 0 Å². The first-order chi connectivity index (χ1) is 6.86. The van der Waals surface area contributed by atoms with E-state index < -0.39 is 0 Å². The summed E-state index contributed by atoms with van der Waals surface area (Å²) in [6.45, 7) is 1.09. The Bertz CT molecular complexity index is 320. The lowest BCUT2D eigenvalue weighted by atomic mass is 9.87. The van der Waals surface area contributed by atoms with E-state index in [4.69, 9.17) is 12.2 Å². The van der Waals surface area contributed by atoms with Crippen LogP contribution in [0.3, 0.4) is 0 Å². The first-order valence-corrected chi connectivity index (χ1v) is 6.01. The van der Waals surface area contributed by atoms with Crippen LogP contribution < -0.4 is 0 Å². The zero-order valence-corrected chi connectivity index (χ0v) is 9.35. The fraction of sp³-hybridized carbons (Fsp3) is 0.727. The Hall–Kier alpha value is -0.570. The van der Waals surface area contributed by atoms with E-state index in [9.17, 15) is 0 Å². The van der Waals surface area contributed by atoms with Crippen molar-refractivity contribution < 1.29 is 0 Å². The van der Waals surface area contributed by atoms with Crippen molar-refractivity contribution in [2.75, 3.05) is 0 Å². The predicted molar refractivity (Wildman–Crippen MR) is 60.8 cm³/mol. The largest absolute Gasteiger partial charge is 0.337 e. The number of nitrogens with one attached hydrogen (secondary N) is 1. The minimum atomic E-state index is 0.862. The van der Waals surface area contributed by atoms with Gasteiger partial charge in [-0.1, -0.05) is 32.1 Å². The highest BCUT2D eigenvalue weighted by molar-refractivity contribution is 7.71. The van der Waals surface area contributed by atoms with Crippen molar-refractivity contribution in [1.29, 1.82) is 0 Å². The fourth-order valence-corrected chi connectivity index (χ4v) is 2.54. The Morgan fingerprint density at radius 1 is 1.36 bits per heavy atom. The molecule has 1 aromatic rings. The third-order valence-corrected chi connectivity index (χ3v) is 3.58. The lowest BCUT2D eigenvalue weighted by Crippen LogP contribution is -2.09. The first kappa shape index (κ1) is 9.97. The zero-order chi connectivity index (χ0) is 9.80. The molecule has 14 heavy (non-hydrogen) atoms. The normalized spacial score (nSPS) is 18.6. The van der Waals surface area contributed by atoms with Gasteiger partial charge >= 0.3 is 0 Å². The molecule has 1 fully saturated rings. The number of imidazole rings is 1. The van der Waals surface area contributed by atoms with Crippen molar-refractivity contribution in [1.82, 2.24) is 9.55 Å². The number of hydrogen-bond donors (Lipinski definition) is 1. The molecule has 0 unspecified atom stereocenters. The fourth-order valence-electron chi connectivity index (χ4n) is 2.32. The van der Waals surface area contributed by atoms with Gasteiger partial charge in [-0.3, -0.25) is 0 Å². The van der Waals surface area contributed by atoms with Crippen molar-refractivity contribution in [2.24, 2.45) is 5.92 Å². The summed E-state index contributed by atoms with van der Waals surface area (Å²) in [6, 6.07) is 0. The summed E-state index contributed by atoms with van der Waals surface area (Å²) >= 11 is 5.16. The van der Waals surface area contributed by atoms with Crippen molar-refractivity contribution in [2.45, 2.75) is 45.1 Å². The Balaban J connectivity index is 1.82. The maximum Gasteiger partial charge on any atom is 0.177 e. The Kier molecular flexibility index (Phi) is 3.40. The molecule has 0 amide bonds. The van der Waals surface area contributed by atoms with Crippen LogP contribution in [0.25, 0.3) is 0 Å². The van der Waals surface area contributed by atoms with E-state index in [2.05, 4.69) is 9.55 Å². The smallest absolute Gasteiger partial charge is 0.177 e. The Morgan fingerprint density at radius 3 is 2.79 bits per heavy atom. The first-order valence-electron chi connectivity index (χ1n) is 5.60. The summed E-state index contributed by atoms with van der Waals surface area (Å²) in [6.07, 6.45) is 12.4. The standard InChI is InChI=1S/C11H18N2S/c14-11-12-7-9-13(11)8-6-10-4-2-1-3-5-10/h7,9-10H,1-6,8H2,(H,12,14). The topological polar surface area (TPSA) is 20.7 Å². The van der Waals surface area contributed by atoms with Crippen LogP contribution in [0.4, 0.5) is 0 Å². The molecule has 2 rings (SSSR count). The molecule has 0 aromatic carbocycles. The molecule has 1 N–H and O–H groups in total. The van der Waals surface area contributed by atoms with Gasteiger partial charge in [-0.15, -0.1) is 0 Å². The summed E-state index contributed by atoms with van der Waals surface area (Å²) < 4.78 is 3.00. The maximum absolute atomic E-state index is 5.16. The van der Waals surface area contributed by atoms with Crippen molar-refractivity contribution >= 4 is 12.2 Å². The van der Waals surface area contributed by atoms with Crippen LogP contribution in [0, 0.1) is 10.7 Å². The molecule has 3 heteroatoms. The second-order valence-electron chi connectivity index (χ2n) is 4.25. The molecule has 0 spiro atoms. The molecular weight excluding hydrogens is 192 g/mol. The van der Waals surface area contributed by atoms with Crippen LogP contribution in [0.2, 0.25) is 0 Å². The number of hydrogen-bond acceptors (Lipinski definition) is 1. The molecule has 0 atom stereocenters. The number of aromatic amines is 1. The molecule has 0 aliphatic heterocycles. The zero-order valence-electron chi connectivity index (χ0n) is 8.54. The van der Waals surface area contributed by atoms with Crippen LogP contribution in [-0.2, 0) is 6.54 Å². The number of rotatable bonds is 3. The SMILES string of the molecule is S=c1[nH]ccn1CCC1CCCCC1. The lowest BCUT2D eigenvalue weighted by molar-refractivity contribution is 0.323. The highest BCUT2D eigenvalue weighted by Gasteiger charge is 2.12. The molecule has 1 saturated carbocycles. The monoisotopic (exact) mass is 210 g/mol. The average Bonchev–Trinajstić information content (AvgIpc) is 2.63. The molecule has 1 aliphatic rings. The quantitative estimate of drug-likeness (QED) is 0.757. The number of nitrogens with zero attached hydrogens (tertiary/aromatic N) is 1. The molecule has 2 nitrogen and oxygen atoms in total. The molecule has 78 valence electrons. The van der Waals surface area contributed by atoms with E-state index >= 15 is 0 Å². The summed E-state index contributed by atoms with van der Waals surface area (Å²) in [5.74, 6) is 0.945. The minimum Gasteiger partial charge on any atom is -0.337 e. The third kappa shape index (κ3) is 2.47. The van der Waals surface area contributed by atoms with Gasteiger partial charge in [0.15, 0.2) is 4.77 Å². The van der Waals surface area contributed by atoms with Gasteiger partial charge in [0.05, 0.1) is 0 Å². The van der Waals surface area contributed by atoms with Gasteiger partial charge in [0.2, 0.25) is 0 Å². The van der Waals surface area contributed by atoms with Gasteiger partial charge in [0.1, 0.15) is 0 Å². The van der Waals surface area contributed by atoms with Crippen molar-refractivity contribution in [3.8, 4) is 0 Å². The lowest BCUT2D eigenvalue weighted by Gasteiger charge is -2.21. The van der Waals surface area contributed by atoms with Crippen LogP contribution in [0.15, 0.2) is 12.4 Å². The van der Waals surface area contributed by atoms with E-state index in [1.54, 1.807) is 0 Å². The van der Waals surface area contributed by atoms with Gasteiger partial charge in [-0.05, 0) is 24.6 Å². The van der Waals surface area contributed by atoms with E-state index in [1.165, 1.54) is 38.5 Å². The molecule has 1 heterocycles. The molecule has 0 saturated heterocycles. The minimum absolute atomic E-state index is 0.862. The number of aromatic nitrogens is 2. The molecular formula is C11H18N2S. The molecule has 1 aliphatic carbocycles. The van der Waals surface area contributed by atoms with E-state index in [1.807, 2.05) is 12.4 Å². The molecule has 0 radical (unpaired) electrons. The second-order valence-corrected chi connectivity index (χ2v) is 4.64. The summed E-state index contributed by atoms with van der Waals surface area (Å²) in [5.41, 5.74) is 0. The van der Waals surface area contributed by atoms with E-state index in [0.717, 1.165) is 17.2 Å². The highest BCUT2D eigenvalue weighted by Crippen LogP contribution is 2.26. The van der Waals surface area contributed by atoms with E-state index in [0.29, 0.717) is 0 Å². The Labute approximate surface area is 90.3 Å². The highest BCUT2D eigenvalue weighted by atomic mass is 32.1. The predicted octanol–water partition coefficient (Wildman–Crippen LogP) is 3.52. The third-order valence-electron chi connectivity index (χ3n) is 3.23. The van der Waals surface area contributed by atoms with Gasteiger partial charge < -0.3 is 9.55 Å². The van der Waals surface area contributed by atoms with Gasteiger partial charge in [0, 0.05) is 18.9 Å². The average molecular weight is 210 g/mol. The van der Waals surface area contributed by atoms with Gasteiger partial charge in [-0.25, -0.2) is 0 Å². The number of aryl methyl sites for hydroxylation is 1. The number of H-pyrrole nitrogens is 1. The second kappa shape index (κ2) is 4.78. The Morgan fingerprint density at radius 2 is 2.14 bits per heavy atom. The van der Waals surface area contributed by atoms with Crippen LogP contribution >= 0.6 is 12.2 Å². The van der Waals surface area contributed by atoms with Gasteiger partial charge in [0.25, 0.3) is 0 Å². The maximum atomic E-state index is 5.16. The van der Waals surface area contributed by atoms with E-state index in [-0.39, 0.29) is 0 Å². The van der Waals surface area contributed by atoms with Crippen LogP contribution in [0.1, 0.15) is 38.5 Å². The molecule has 0 bridgehead atoms. The van der Waals surface area contributed by atoms with Crippen molar-refractivity contribution in [3.05, 3.63) is 17.2 Å². The van der Waals surface area contributed by atoms with Crippen molar-refractivity contribution in [3.63, 3.8) is 0 Å². The summed E-state index contributed by atoms with van der Waals surface area (Å²) in [5, 5.41) is 0. The molecule has 1 aromatic heterocycles. The van der Waals surface area contributed by atoms with Crippen LogP contribution in [-0.4, -0.2) is 9.55 Å².